The number of rotatable bonds is 2. The van der Waals surface area contributed by atoms with Gasteiger partial charge in [-0.05, 0) is 69.5 Å². The highest BCUT2D eigenvalue weighted by molar-refractivity contribution is 5.94. The summed E-state index contributed by atoms with van der Waals surface area (Å²) in [6, 6.07) is 17.0. The molecule has 8 heteroatoms. The van der Waals surface area contributed by atoms with Crippen molar-refractivity contribution >= 4 is 5.91 Å². The fourth-order valence-electron chi connectivity index (χ4n) is 4.30. The van der Waals surface area contributed by atoms with E-state index in [1.54, 1.807) is 17.1 Å². The van der Waals surface area contributed by atoms with Crippen molar-refractivity contribution in [2.45, 2.75) is 39.7 Å². The average Bonchev–Trinajstić information content (AvgIpc) is 3.24. The van der Waals surface area contributed by atoms with Gasteiger partial charge in [0.05, 0.1) is 24.4 Å². The monoisotopic (exact) mass is 483 g/mol. The molecule has 0 unspecified atom stereocenters. The minimum absolute atomic E-state index is 0.0799. The van der Waals surface area contributed by atoms with E-state index >= 15 is 0 Å². The SMILES string of the molecule is Cc1cc(C)n(-c2ccc(C(=O)N3CCCCCOc4ccccc4Oc4ncccc4C3)cn2)n1. The van der Waals surface area contributed by atoms with Crippen molar-refractivity contribution in [3.05, 3.63) is 89.5 Å². The van der Waals surface area contributed by atoms with Crippen LogP contribution < -0.4 is 9.47 Å². The number of aryl methyl sites for hydroxylation is 2. The summed E-state index contributed by atoms with van der Waals surface area (Å²) in [5, 5.41) is 4.48. The molecule has 36 heavy (non-hydrogen) atoms. The summed E-state index contributed by atoms with van der Waals surface area (Å²) in [6.45, 7) is 5.50. The Labute approximate surface area is 210 Å². The lowest BCUT2D eigenvalue weighted by Crippen LogP contribution is -2.32. The van der Waals surface area contributed by atoms with Crippen LogP contribution in [0.2, 0.25) is 0 Å². The minimum Gasteiger partial charge on any atom is -0.490 e. The number of aromatic nitrogens is 4. The summed E-state index contributed by atoms with van der Waals surface area (Å²) >= 11 is 0. The molecule has 3 aromatic heterocycles. The number of carbonyl (C=O) groups is 1. The molecule has 0 spiro atoms. The van der Waals surface area contributed by atoms with Gasteiger partial charge in [-0.1, -0.05) is 18.2 Å². The van der Waals surface area contributed by atoms with Gasteiger partial charge in [-0.2, -0.15) is 5.10 Å². The van der Waals surface area contributed by atoms with E-state index in [-0.39, 0.29) is 5.91 Å². The van der Waals surface area contributed by atoms with Crippen LogP contribution in [0.5, 0.6) is 17.4 Å². The fourth-order valence-corrected chi connectivity index (χ4v) is 4.30. The van der Waals surface area contributed by atoms with E-state index in [1.165, 1.54) is 0 Å². The van der Waals surface area contributed by atoms with Crippen molar-refractivity contribution in [1.29, 1.82) is 0 Å². The van der Waals surface area contributed by atoms with Crippen molar-refractivity contribution in [3.63, 3.8) is 0 Å². The first-order valence-electron chi connectivity index (χ1n) is 12.2. The molecule has 5 rings (SSSR count). The van der Waals surface area contributed by atoms with E-state index in [0.29, 0.717) is 48.5 Å². The molecule has 0 atom stereocenters. The molecule has 0 fully saturated rings. The lowest BCUT2D eigenvalue weighted by Gasteiger charge is -2.23. The first-order valence-corrected chi connectivity index (χ1v) is 12.2. The normalized spacial score (nSPS) is 14.2. The standard InChI is InChI=1S/C28H29N5O3/c1-20-17-21(2)33(31-20)26-13-12-22(18-30-26)28(34)32-15-6-3-7-16-35-24-10-4-5-11-25(24)36-27-23(19-32)9-8-14-29-27/h4-5,8-14,17-18H,3,6-7,15-16,19H2,1-2H3. The first-order chi connectivity index (χ1) is 17.6. The highest BCUT2D eigenvalue weighted by Crippen LogP contribution is 2.33. The van der Waals surface area contributed by atoms with E-state index in [0.717, 1.165) is 36.2 Å². The maximum atomic E-state index is 13.6. The Balaban J connectivity index is 1.42. The third-order valence-electron chi connectivity index (χ3n) is 6.11. The van der Waals surface area contributed by atoms with E-state index in [2.05, 4.69) is 15.1 Å². The summed E-state index contributed by atoms with van der Waals surface area (Å²) in [5.41, 5.74) is 3.27. The van der Waals surface area contributed by atoms with Gasteiger partial charge in [0.15, 0.2) is 17.3 Å². The minimum atomic E-state index is -0.0799. The molecule has 1 aromatic carbocycles. The number of amides is 1. The lowest BCUT2D eigenvalue weighted by molar-refractivity contribution is 0.0738. The smallest absolute Gasteiger partial charge is 0.255 e. The van der Waals surface area contributed by atoms with Gasteiger partial charge in [0.25, 0.3) is 5.91 Å². The summed E-state index contributed by atoms with van der Waals surface area (Å²) in [7, 11) is 0. The molecule has 4 aromatic rings. The number of hydrogen-bond donors (Lipinski definition) is 0. The lowest BCUT2D eigenvalue weighted by atomic mass is 10.1. The van der Waals surface area contributed by atoms with Gasteiger partial charge in [-0.3, -0.25) is 4.79 Å². The summed E-state index contributed by atoms with van der Waals surface area (Å²) < 4.78 is 13.9. The van der Waals surface area contributed by atoms with Gasteiger partial charge in [0.2, 0.25) is 5.88 Å². The molecule has 1 aliphatic rings. The predicted octanol–water partition coefficient (Wildman–Crippen LogP) is 5.28. The van der Waals surface area contributed by atoms with Crippen LogP contribution >= 0.6 is 0 Å². The second-order valence-corrected chi connectivity index (χ2v) is 8.90. The largest absolute Gasteiger partial charge is 0.490 e. The number of hydrogen-bond acceptors (Lipinski definition) is 6. The molecular formula is C28H29N5O3. The second kappa shape index (κ2) is 10.6. The fraction of sp³-hybridized carbons (Fsp3) is 0.286. The quantitative estimate of drug-likeness (QED) is 0.386. The van der Waals surface area contributed by atoms with E-state index in [9.17, 15) is 4.79 Å². The van der Waals surface area contributed by atoms with Crippen LogP contribution in [0.1, 0.15) is 46.6 Å². The Hall–Kier alpha value is -4.20. The van der Waals surface area contributed by atoms with E-state index in [1.807, 2.05) is 73.3 Å². The maximum Gasteiger partial charge on any atom is 0.255 e. The molecule has 0 saturated heterocycles. The zero-order valence-corrected chi connectivity index (χ0v) is 20.6. The van der Waals surface area contributed by atoms with Crippen LogP contribution in [0.3, 0.4) is 0 Å². The highest BCUT2D eigenvalue weighted by Gasteiger charge is 2.20. The summed E-state index contributed by atoms with van der Waals surface area (Å²) in [6.07, 6.45) is 6.01. The highest BCUT2D eigenvalue weighted by atomic mass is 16.5. The first kappa shape index (κ1) is 23.5. The van der Waals surface area contributed by atoms with Crippen molar-refractivity contribution in [2.75, 3.05) is 13.2 Å². The number of fused-ring (bicyclic) bond motifs is 2. The molecule has 0 N–H and O–H groups in total. The third-order valence-corrected chi connectivity index (χ3v) is 6.11. The van der Waals surface area contributed by atoms with Crippen LogP contribution in [-0.4, -0.2) is 43.7 Å². The Morgan fingerprint density at radius 3 is 2.58 bits per heavy atom. The van der Waals surface area contributed by atoms with Crippen molar-refractivity contribution < 1.29 is 14.3 Å². The number of benzene rings is 1. The topological polar surface area (TPSA) is 82.4 Å². The zero-order chi connectivity index (χ0) is 24.9. The van der Waals surface area contributed by atoms with Gasteiger partial charge in [0, 0.05) is 30.2 Å². The summed E-state index contributed by atoms with van der Waals surface area (Å²) in [5.74, 6) is 2.37. The number of nitrogens with zero attached hydrogens (tertiary/aromatic N) is 5. The van der Waals surface area contributed by atoms with Gasteiger partial charge < -0.3 is 14.4 Å². The van der Waals surface area contributed by atoms with Gasteiger partial charge in [-0.15, -0.1) is 0 Å². The van der Waals surface area contributed by atoms with Crippen molar-refractivity contribution in [1.82, 2.24) is 24.6 Å². The van der Waals surface area contributed by atoms with E-state index in [4.69, 9.17) is 9.47 Å². The second-order valence-electron chi connectivity index (χ2n) is 8.90. The van der Waals surface area contributed by atoms with Gasteiger partial charge in [-0.25, -0.2) is 14.6 Å². The van der Waals surface area contributed by atoms with Gasteiger partial charge >= 0.3 is 0 Å². The summed E-state index contributed by atoms with van der Waals surface area (Å²) in [4.78, 5) is 24.4. The predicted molar refractivity (Wildman–Crippen MR) is 136 cm³/mol. The number of pyridine rings is 2. The average molecular weight is 484 g/mol. The van der Waals surface area contributed by atoms with Crippen molar-refractivity contribution in [3.8, 4) is 23.2 Å². The Kier molecular flexibility index (Phi) is 6.93. The Bertz CT molecular complexity index is 1350. The molecule has 0 bridgehead atoms. The van der Waals surface area contributed by atoms with E-state index < -0.39 is 0 Å². The molecule has 1 aliphatic heterocycles. The molecular weight excluding hydrogens is 454 g/mol. The number of carbonyl (C=O) groups excluding carboxylic acids is 1. The molecule has 0 radical (unpaired) electrons. The molecule has 8 nitrogen and oxygen atoms in total. The maximum absolute atomic E-state index is 13.6. The molecule has 4 heterocycles. The number of ether oxygens (including phenoxy) is 2. The third kappa shape index (κ3) is 5.22. The zero-order valence-electron chi connectivity index (χ0n) is 20.6. The van der Waals surface area contributed by atoms with Crippen molar-refractivity contribution in [2.24, 2.45) is 0 Å². The molecule has 0 aliphatic carbocycles. The van der Waals surface area contributed by atoms with Crippen LogP contribution in [0, 0.1) is 13.8 Å². The Morgan fingerprint density at radius 1 is 0.944 bits per heavy atom. The van der Waals surface area contributed by atoms with Crippen LogP contribution in [-0.2, 0) is 6.54 Å². The van der Waals surface area contributed by atoms with Crippen LogP contribution in [0.15, 0.2) is 67.0 Å². The molecule has 0 saturated carbocycles. The Morgan fingerprint density at radius 2 is 1.81 bits per heavy atom. The molecule has 1 amide bonds. The van der Waals surface area contributed by atoms with Crippen LogP contribution in [0.4, 0.5) is 0 Å². The number of para-hydroxylation sites is 2. The van der Waals surface area contributed by atoms with Crippen LogP contribution in [0.25, 0.3) is 5.82 Å². The molecule has 184 valence electrons. The van der Waals surface area contributed by atoms with Gasteiger partial charge in [0.1, 0.15) is 0 Å².